The van der Waals surface area contributed by atoms with Gasteiger partial charge in [-0.25, -0.2) is 0 Å². The van der Waals surface area contributed by atoms with Crippen molar-refractivity contribution in [2.45, 2.75) is 29.6 Å². The Hall–Kier alpha value is -1.74. The van der Waals surface area contributed by atoms with Gasteiger partial charge in [0, 0.05) is 22.8 Å². The quantitative estimate of drug-likeness (QED) is 0.481. The van der Waals surface area contributed by atoms with Gasteiger partial charge in [-0.3, -0.25) is 4.79 Å². The van der Waals surface area contributed by atoms with Crippen molar-refractivity contribution in [2.75, 3.05) is 11.9 Å². The van der Waals surface area contributed by atoms with Crippen LogP contribution in [0.2, 0.25) is 10.0 Å². The Labute approximate surface area is 162 Å². The summed E-state index contributed by atoms with van der Waals surface area (Å²) < 4.78 is 27.0. The molecule has 6 nitrogen and oxygen atoms in total. The summed E-state index contributed by atoms with van der Waals surface area (Å²) in [5.74, 6) is -2.61. The molecule has 0 fully saturated rings. The fourth-order valence-electron chi connectivity index (χ4n) is 2.16. The largest absolute Gasteiger partial charge is 0.606 e. The molecule has 0 aliphatic rings. The summed E-state index contributed by atoms with van der Waals surface area (Å²) in [7, 11) is 0. The van der Waals surface area contributed by atoms with E-state index in [4.69, 9.17) is 28.3 Å². The molecule has 0 bridgehead atoms. The zero-order chi connectivity index (χ0) is 19.6. The summed E-state index contributed by atoms with van der Waals surface area (Å²) >= 11 is 10.1. The molecule has 140 valence electrons. The van der Waals surface area contributed by atoms with E-state index in [0.717, 1.165) is 0 Å². The van der Waals surface area contributed by atoms with E-state index in [2.05, 4.69) is 10.3 Å². The molecule has 2 rings (SSSR count). The van der Waals surface area contributed by atoms with Gasteiger partial charge in [0.25, 0.3) is 0 Å². The van der Waals surface area contributed by atoms with Crippen molar-refractivity contribution < 1.29 is 24.0 Å². The van der Waals surface area contributed by atoms with Crippen LogP contribution in [0, 0.1) is 5.95 Å². The van der Waals surface area contributed by atoms with E-state index in [1.54, 1.807) is 0 Å². The molecule has 10 heteroatoms. The lowest BCUT2D eigenvalue weighted by atomic mass is 10.0. The Morgan fingerprint density at radius 1 is 1.38 bits per heavy atom. The lowest BCUT2D eigenvalue weighted by molar-refractivity contribution is -0.134. The third-order valence-electron chi connectivity index (χ3n) is 3.43. The van der Waals surface area contributed by atoms with E-state index in [-0.39, 0.29) is 32.3 Å². The first-order chi connectivity index (χ1) is 12.1. The van der Waals surface area contributed by atoms with Crippen molar-refractivity contribution in [3.8, 4) is 5.75 Å². The highest BCUT2D eigenvalue weighted by Crippen LogP contribution is 2.39. The molecule has 1 heterocycles. The molecule has 26 heavy (non-hydrogen) atoms. The van der Waals surface area contributed by atoms with Gasteiger partial charge in [0.15, 0.2) is 15.7 Å². The van der Waals surface area contributed by atoms with Gasteiger partial charge in [-0.2, -0.15) is 9.37 Å². The van der Waals surface area contributed by atoms with Crippen molar-refractivity contribution in [3.63, 3.8) is 0 Å². The van der Waals surface area contributed by atoms with Gasteiger partial charge in [-0.05, 0) is 18.1 Å². The van der Waals surface area contributed by atoms with Crippen LogP contribution >= 0.6 is 23.2 Å². The fraction of sp³-hybridized carbons (Fsp3) is 0.250. The van der Waals surface area contributed by atoms with Gasteiger partial charge in [-0.15, -0.1) is 0 Å². The zero-order valence-electron chi connectivity index (χ0n) is 13.7. The number of aromatic nitrogens is 1. The predicted octanol–water partition coefficient (Wildman–Crippen LogP) is 4.02. The Bertz CT molecular complexity index is 851. The van der Waals surface area contributed by atoms with Crippen molar-refractivity contribution in [1.29, 1.82) is 0 Å². The van der Waals surface area contributed by atoms with Crippen LogP contribution in [-0.4, -0.2) is 32.3 Å². The van der Waals surface area contributed by atoms with Gasteiger partial charge in [0.2, 0.25) is 10.8 Å². The second-order valence-corrected chi connectivity index (χ2v) is 7.77. The molecule has 0 aliphatic heterocycles. The molecule has 2 aromatic rings. The minimum atomic E-state index is -1.98. The van der Waals surface area contributed by atoms with Crippen molar-refractivity contribution >= 4 is 46.2 Å². The number of hydrogen-bond acceptors (Lipinski definition) is 5. The Morgan fingerprint density at radius 3 is 2.62 bits per heavy atom. The first-order valence-electron chi connectivity index (χ1n) is 7.38. The average molecular weight is 421 g/mol. The highest BCUT2D eigenvalue weighted by molar-refractivity contribution is 7.91. The van der Waals surface area contributed by atoms with E-state index in [9.17, 15) is 18.8 Å². The summed E-state index contributed by atoms with van der Waals surface area (Å²) in [5, 5.41) is 20.2. The lowest BCUT2D eigenvalue weighted by Crippen LogP contribution is -2.16. The molecule has 1 aromatic carbocycles. The van der Waals surface area contributed by atoms with E-state index in [1.807, 2.05) is 13.8 Å². The molecular weight excluding hydrogens is 406 g/mol. The van der Waals surface area contributed by atoms with Crippen LogP contribution in [0.25, 0.3) is 0 Å². The number of benzene rings is 1. The Kier molecular flexibility index (Phi) is 6.57. The van der Waals surface area contributed by atoms with Crippen LogP contribution in [0.5, 0.6) is 5.75 Å². The van der Waals surface area contributed by atoms with Crippen molar-refractivity contribution in [2.24, 2.45) is 0 Å². The van der Waals surface area contributed by atoms with Crippen molar-refractivity contribution in [1.82, 2.24) is 4.98 Å². The van der Waals surface area contributed by atoms with Crippen LogP contribution < -0.4 is 5.32 Å². The van der Waals surface area contributed by atoms with Gasteiger partial charge < -0.3 is 20.1 Å². The number of pyridine rings is 1. The molecule has 0 spiro atoms. The number of anilines is 1. The molecule has 1 atom stereocenters. The molecule has 0 saturated carbocycles. The van der Waals surface area contributed by atoms with E-state index < -0.39 is 34.7 Å². The number of nitrogens with zero attached hydrogens (tertiary/aromatic N) is 1. The molecule has 0 saturated heterocycles. The number of rotatable bonds is 6. The van der Waals surface area contributed by atoms with E-state index in [1.165, 1.54) is 18.2 Å². The number of phenols is 1. The number of aromatic hydroxyl groups is 1. The van der Waals surface area contributed by atoms with Gasteiger partial charge >= 0.3 is 5.97 Å². The number of hydrogen-bond donors (Lipinski definition) is 3. The van der Waals surface area contributed by atoms with E-state index in [0.29, 0.717) is 5.56 Å². The summed E-state index contributed by atoms with van der Waals surface area (Å²) in [6, 6.07) is 4.31. The topological polar surface area (TPSA) is 106 Å². The predicted molar refractivity (Wildman–Crippen MR) is 97.2 cm³/mol. The number of phenolic OH excluding ortho intramolecular Hbond substituents is 1. The average Bonchev–Trinajstić information content (AvgIpc) is 2.57. The molecule has 0 amide bonds. The minimum Gasteiger partial charge on any atom is -0.606 e. The molecule has 0 radical (unpaired) electrons. The van der Waals surface area contributed by atoms with Gasteiger partial charge in [0.1, 0.15) is 17.3 Å². The second-order valence-electron chi connectivity index (χ2n) is 5.60. The third-order valence-corrected chi connectivity index (χ3v) is 5.82. The molecule has 1 unspecified atom stereocenters. The van der Waals surface area contributed by atoms with Crippen LogP contribution in [-0.2, 0) is 16.0 Å². The van der Waals surface area contributed by atoms with Crippen LogP contribution in [0.4, 0.5) is 10.2 Å². The highest BCUT2D eigenvalue weighted by atomic mass is 35.5. The SMILES string of the molecule is CC(C)c1cc([S+]([O-])c2c(Cl)c(F)nc(NCC(=O)O)c2Cl)ccc1O. The smallest absolute Gasteiger partial charge is 0.322 e. The Morgan fingerprint density at radius 2 is 2.04 bits per heavy atom. The van der Waals surface area contributed by atoms with Crippen LogP contribution in [0.1, 0.15) is 25.3 Å². The highest BCUT2D eigenvalue weighted by Gasteiger charge is 2.29. The summed E-state index contributed by atoms with van der Waals surface area (Å²) in [6.45, 7) is 3.14. The third kappa shape index (κ3) is 4.32. The van der Waals surface area contributed by atoms with Gasteiger partial charge in [-0.1, -0.05) is 37.0 Å². The zero-order valence-corrected chi connectivity index (χ0v) is 16.0. The molecule has 3 N–H and O–H groups in total. The molecule has 1 aromatic heterocycles. The first-order valence-corrected chi connectivity index (χ1v) is 9.28. The second kappa shape index (κ2) is 8.30. The summed E-state index contributed by atoms with van der Waals surface area (Å²) in [5.41, 5.74) is 0.557. The van der Waals surface area contributed by atoms with Crippen LogP contribution in [0.3, 0.4) is 0 Å². The maximum absolute atomic E-state index is 14.0. The summed E-state index contributed by atoms with van der Waals surface area (Å²) in [4.78, 5) is 14.2. The van der Waals surface area contributed by atoms with Crippen molar-refractivity contribution in [3.05, 3.63) is 39.8 Å². The first kappa shape index (κ1) is 20.6. The Balaban J connectivity index is 2.53. The number of carboxylic acid groups (broad SMARTS) is 1. The van der Waals surface area contributed by atoms with Gasteiger partial charge in [0.05, 0.1) is 0 Å². The maximum atomic E-state index is 14.0. The number of carbonyl (C=O) groups is 1. The normalized spacial score (nSPS) is 12.3. The fourth-order valence-corrected chi connectivity index (χ4v) is 4.14. The number of halogens is 3. The van der Waals surface area contributed by atoms with Crippen LogP contribution in [0.15, 0.2) is 28.0 Å². The summed E-state index contributed by atoms with van der Waals surface area (Å²) in [6.07, 6.45) is 0. The minimum absolute atomic E-state index is 0.0418. The number of nitrogens with one attached hydrogen (secondary N) is 1. The molecule has 0 aliphatic carbocycles. The standard InChI is InChI=1S/C16H15Cl2FN2O4S/c1-7(2)9-5-8(3-4-10(9)22)26(25)14-12(17)15(19)21-16(13(14)18)20-6-11(23)24/h3-5,7,22H,6H2,1-2H3,(H,20,21)(H,23,24). The van der Waals surface area contributed by atoms with E-state index >= 15 is 0 Å². The maximum Gasteiger partial charge on any atom is 0.322 e. The monoisotopic (exact) mass is 420 g/mol. The lowest BCUT2D eigenvalue weighted by Gasteiger charge is -2.17. The number of aliphatic carboxylic acids is 1. The number of carboxylic acids is 1. The molecular formula is C16H15Cl2FN2O4S.